The fraction of sp³-hybridized carbons (Fsp3) is 0.632. The molecule has 1 aliphatic heterocycles. The van der Waals surface area contributed by atoms with E-state index in [2.05, 4.69) is 55.3 Å². The molecule has 136 valence electrons. The highest BCUT2D eigenvalue weighted by atomic mass is 15.3. The van der Waals surface area contributed by atoms with Crippen LogP contribution in [0.15, 0.2) is 12.3 Å². The summed E-state index contributed by atoms with van der Waals surface area (Å²) in [7, 11) is 1.96. The highest BCUT2D eigenvalue weighted by Crippen LogP contribution is 2.30. The lowest BCUT2D eigenvalue weighted by Crippen LogP contribution is -2.60. The molecule has 0 spiro atoms. The van der Waals surface area contributed by atoms with Gasteiger partial charge in [0, 0.05) is 41.6 Å². The van der Waals surface area contributed by atoms with Crippen LogP contribution in [-0.4, -0.2) is 36.9 Å². The van der Waals surface area contributed by atoms with Crippen LogP contribution in [0.2, 0.25) is 0 Å². The molecule has 25 heavy (non-hydrogen) atoms. The summed E-state index contributed by atoms with van der Waals surface area (Å²) in [6.07, 6.45) is 3.90. The molecule has 2 N–H and O–H groups in total. The molecule has 0 saturated carbocycles. The molecule has 1 aliphatic rings. The van der Waals surface area contributed by atoms with Crippen LogP contribution in [0.4, 0.5) is 5.95 Å². The number of aryl methyl sites for hydroxylation is 2. The second-order valence-corrected chi connectivity index (χ2v) is 8.58. The Hall–Kier alpha value is -1.95. The van der Waals surface area contributed by atoms with Crippen molar-refractivity contribution in [2.45, 2.75) is 71.5 Å². The van der Waals surface area contributed by atoms with Gasteiger partial charge in [0.15, 0.2) is 0 Å². The van der Waals surface area contributed by atoms with E-state index in [1.807, 2.05) is 30.9 Å². The number of piperidine rings is 1. The van der Waals surface area contributed by atoms with E-state index in [-0.39, 0.29) is 11.1 Å². The quantitative estimate of drug-likeness (QED) is 0.896. The van der Waals surface area contributed by atoms with Crippen molar-refractivity contribution in [1.82, 2.24) is 25.1 Å². The summed E-state index contributed by atoms with van der Waals surface area (Å²) in [5.74, 6) is 0.693. The average molecular weight is 342 g/mol. The molecule has 6 heteroatoms. The zero-order valence-corrected chi connectivity index (χ0v) is 16.4. The molecule has 1 saturated heterocycles. The smallest absolute Gasteiger partial charge is 0.223 e. The minimum atomic E-state index is 0.0908. The van der Waals surface area contributed by atoms with Crippen LogP contribution in [0.25, 0.3) is 11.3 Å². The van der Waals surface area contributed by atoms with Crippen molar-refractivity contribution in [3.63, 3.8) is 0 Å². The summed E-state index contributed by atoms with van der Waals surface area (Å²) < 4.78 is 1.90. The summed E-state index contributed by atoms with van der Waals surface area (Å²) in [6.45, 7) is 13.1. The topological polar surface area (TPSA) is 67.7 Å². The van der Waals surface area contributed by atoms with Gasteiger partial charge in [-0.2, -0.15) is 5.10 Å². The summed E-state index contributed by atoms with van der Waals surface area (Å²) in [5.41, 5.74) is 4.31. The van der Waals surface area contributed by atoms with Crippen molar-refractivity contribution in [2.75, 3.05) is 5.32 Å². The third-order valence-electron chi connectivity index (χ3n) is 4.94. The molecule has 0 radical (unpaired) electrons. The Labute approximate surface area is 150 Å². The number of aromatic nitrogens is 4. The predicted molar refractivity (Wildman–Crippen MR) is 102 cm³/mol. The number of rotatable bonds is 3. The molecule has 3 heterocycles. The Morgan fingerprint density at radius 1 is 1.16 bits per heavy atom. The predicted octanol–water partition coefficient (Wildman–Crippen LogP) is 3.22. The van der Waals surface area contributed by atoms with Crippen LogP contribution >= 0.6 is 0 Å². The van der Waals surface area contributed by atoms with Gasteiger partial charge < -0.3 is 10.6 Å². The Morgan fingerprint density at radius 2 is 1.80 bits per heavy atom. The number of anilines is 1. The van der Waals surface area contributed by atoms with Gasteiger partial charge in [0.25, 0.3) is 0 Å². The normalized spacial score (nSPS) is 19.8. The largest absolute Gasteiger partial charge is 0.351 e. The van der Waals surface area contributed by atoms with Crippen LogP contribution in [0, 0.1) is 13.8 Å². The molecule has 0 atom stereocenters. The fourth-order valence-electron chi connectivity index (χ4n) is 4.32. The maximum absolute atomic E-state index is 4.77. The van der Waals surface area contributed by atoms with Gasteiger partial charge in [-0.1, -0.05) is 0 Å². The lowest BCUT2D eigenvalue weighted by molar-refractivity contribution is 0.170. The summed E-state index contributed by atoms with van der Waals surface area (Å²) in [6, 6.07) is 2.30. The van der Waals surface area contributed by atoms with Crippen molar-refractivity contribution in [2.24, 2.45) is 7.05 Å². The van der Waals surface area contributed by atoms with Crippen LogP contribution in [0.3, 0.4) is 0 Å². The summed E-state index contributed by atoms with van der Waals surface area (Å²) in [5, 5.41) is 11.8. The van der Waals surface area contributed by atoms with Gasteiger partial charge >= 0.3 is 0 Å². The Balaban J connectivity index is 1.85. The van der Waals surface area contributed by atoms with E-state index in [4.69, 9.17) is 4.98 Å². The van der Waals surface area contributed by atoms with Gasteiger partial charge in [0.2, 0.25) is 5.95 Å². The molecule has 3 rings (SSSR count). The minimum absolute atomic E-state index is 0.0908. The molecule has 0 unspecified atom stereocenters. The maximum Gasteiger partial charge on any atom is 0.223 e. The standard InChI is InChI=1S/C19H30N6/c1-12-16(13(2)25(7)23-12)15-8-9-20-17(22-15)21-14-10-18(3,4)24-19(5,6)11-14/h8-9,14,24H,10-11H2,1-7H3,(H,20,21,22). The molecule has 2 aromatic rings. The second-order valence-electron chi connectivity index (χ2n) is 8.58. The van der Waals surface area contributed by atoms with Crippen LogP contribution in [0.1, 0.15) is 51.9 Å². The van der Waals surface area contributed by atoms with Crippen molar-refractivity contribution >= 4 is 5.95 Å². The summed E-state index contributed by atoms with van der Waals surface area (Å²) >= 11 is 0. The molecule has 1 fully saturated rings. The molecular weight excluding hydrogens is 312 g/mol. The number of nitrogens with one attached hydrogen (secondary N) is 2. The maximum atomic E-state index is 4.77. The van der Waals surface area contributed by atoms with E-state index >= 15 is 0 Å². The lowest BCUT2D eigenvalue weighted by atomic mass is 9.80. The molecule has 0 aliphatic carbocycles. The third-order valence-corrected chi connectivity index (χ3v) is 4.94. The van der Waals surface area contributed by atoms with E-state index in [0.29, 0.717) is 12.0 Å². The molecule has 2 aromatic heterocycles. The second kappa shape index (κ2) is 6.09. The first-order chi connectivity index (χ1) is 11.6. The monoisotopic (exact) mass is 342 g/mol. The lowest BCUT2D eigenvalue weighted by Gasteiger charge is -2.46. The van der Waals surface area contributed by atoms with Crippen LogP contribution in [0.5, 0.6) is 0 Å². The van der Waals surface area contributed by atoms with E-state index in [9.17, 15) is 0 Å². The van der Waals surface area contributed by atoms with E-state index < -0.39 is 0 Å². The number of hydrogen-bond acceptors (Lipinski definition) is 5. The Morgan fingerprint density at radius 3 is 2.36 bits per heavy atom. The molecular formula is C19H30N6. The van der Waals surface area contributed by atoms with Crippen molar-refractivity contribution < 1.29 is 0 Å². The van der Waals surface area contributed by atoms with Crippen LogP contribution < -0.4 is 10.6 Å². The first kappa shape index (κ1) is 17.9. The van der Waals surface area contributed by atoms with Crippen molar-refractivity contribution in [3.8, 4) is 11.3 Å². The first-order valence-electron chi connectivity index (χ1n) is 8.96. The minimum Gasteiger partial charge on any atom is -0.351 e. The van der Waals surface area contributed by atoms with Gasteiger partial charge in [-0.05, 0) is 60.5 Å². The Kier molecular flexibility index (Phi) is 4.35. The van der Waals surface area contributed by atoms with Gasteiger partial charge in [-0.3, -0.25) is 4.68 Å². The first-order valence-corrected chi connectivity index (χ1v) is 8.96. The van der Waals surface area contributed by atoms with Gasteiger partial charge in [0.1, 0.15) is 0 Å². The molecule has 0 aromatic carbocycles. The number of hydrogen-bond donors (Lipinski definition) is 2. The van der Waals surface area contributed by atoms with Gasteiger partial charge in [-0.15, -0.1) is 0 Å². The van der Waals surface area contributed by atoms with Gasteiger partial charge in [-0.25, -0.2) is 9.97 Å². The molecule has 0 bridgehead atoms. The zero-order valence-electron chi connectivity index (χ0n) is 16.4. The van der Waals surface area contributed by atoms with Crippen molar-refractivity contribution in [3.05, 3.63) is 23.7 Å². The fourth-order valence-corrected chi connectivity index (χ4v) is 4.32. The van der Waals surface area contributed by atoms with E-state index in [1.54, 1.807) is 0 Å². The summed E-state index contributed by atoms with van der Waals surface area (Å²) in [4.78, 5) is 9.22. The highest BCUT2D eigenvalue weighted by Gasteiger charge is 2.37. The number of nitrogens with zero attached hydrogens (tertiary/aromatic N) is 4. The Bertz CT molecular complexity index is 758. The molecule has 6 nitrogen and oxygen atoms in total. The molecule has 0 amide bonds. The average Bonchev–Trinajstić information content (AvgIpc) is 2.68. The third kappa shape index (κ3) is 3.84. The zero-order chi connectivity index (χ0) is 18.4. The highest BCUT2D eigenvalue weighted by molar-refractivity contribution is 5.65. The van der Waals surface area contributed by atoms with Crippen molar-refractivity contribution in [1.29, 1.82) is 0 Å². The van der Waals surface area contributed by atoms with Crippen LogP contribution in [-0.2, 0) is 7.05 Å². The van der Waals surface area contributed by atoms with E-state index in [1.165, 1.54) is 0 Å². The van der Waals surface area contributed by atoms with E-state index in [0.717, 1.165) is 35.5 Å². The SMILES string of the molecule is Cc1nn(C)c(C)c1-c1ccnc(NC2CC(C)(C)NC(C)(C)C2)n1. The van der Waals surface area contributed by atoms with Gasteiger partial charge in [0.05, 0.1) is 11.4 Å².